The number of amides is 1. The highest BCUT2D eigenvalue weighted by molar-refractivity contribution is 7.86. The molecule has 1 unspecified atom stereocenters. The predicted octanol–water partition coefficient (Wildman–Crippen LogP) is 1.98. The van der Waals surface area contributed by atoms with Crippen LogP contribution in [0.5, 0.6) is 5.75 Å². The van der Waals surface area contributed by atoms with Crippen LogP contribution in [-0.2, 0) is 15.0 Å². The Hall–Kier alpha value is -2.15. The standard InChI is InChI=1S/C21H30N4O4S/c1-17(29-20-10-6-7-18(15-20)16-22)21(26)24-11-13-25(14-12-24)30(27,28)23(2)19-8-4-3-5-9-19/h6-7,10,15,17,19H,3-5,8-9,11-14H2,1-2H3. The number of hydrogen-bond donors (Lipinski definition) is 0. The van der Waals surface area contributed by atoms with Crippen LogP contribution in [0.2, 0.25) is 0 Å². The summed E-state index contributed by atoms with van der Waals surface area (Å²) in [6.45, 7) is 2.90. The number of benzene rings is 1. The molecular formula is C21H30N4O4S. The Morgan fingerprint density at radius 1 is 1.20 bits per heavy atom. The second-order valence-corrected chi connectivity index (χ2v) is 9.93. The maximum absolute atomic E-state index is 13.0. The summed E-state index contributed by atoms with van der Waals surface area (Å²) in [5, 5.41) is 8.98. The Bertz CT molecular complexity index is 885. The van der Waals surface area contributed by atoms with Crippen molar-refractivity contribution in [1.82, 2.24) is 13.5 Å². The molecule has 1 saturated heterocycles. The molecule has 3 rings (SSSR count). The van der Waals surface area contributed by atoms with Crippen LogP contribution in [0.25, 0.3) is 0 Å². The second kappa shape index (κ2) is 9.77. The molecule has 1 amide bonds. The van der Waals surface area contributed by atoms with Crippen LogP contribution < -0.4 is 4.74 Å². The van der Waals surface area contributed by atoms with Crippen molar-refractivity contribution in [2.24, 2.45) is 0 Å². The van der Waals surface area contributed by atoms with E-state index in [1.54, 1.807) is 43.1 Å². The van der Waals surface area contributed by atoms with Gasteiger partial charge in [-0.3, -0.25) is 4.79 Å². The largest absolute Gasteiger partial charge is 0.481 e. The van der Waals surface area contributed by atoms with Crippen molar-refractivity contribution in [3.05, 3.63) is 29.8 Å². The fourth-order valence-electron chi connectivity index (χ4n) is 4.10. The SMILES string of the molecule is CC(Oc1cccc(C#N)c1)C(=O)N1CCN(S(=O)(=O)N(C)C2CCCCC2)CC1. The van der Waals surface area contributed by atoms with E-state index in [4.69, 9.17) is 10.00 Å². The minimum absolute atomic E-state index is 0.0704. The monoisotopic (exact) mass is 434 g/mol. The van der Waals surface area contributed by atoms with Crippen LogP contribution in [0.1, 0.15) is 44.6 Å². The lowest BCUT2D eigenvalue weighted by Crippen LogP contribution is -2.56. The number of rotatable bonds is 6. The molecule has 8 nitrogen and oxygen atoms in total. The summed E-state index contributed by atoms with van der Waals surface area (Å²) in [6.07, 6.45) is 4.43. The van der Waals surface area contributed by atoms with Gasteiger partial charge in [-0.05, 0) is 38.0 Å². The van der Waals surface area contributed by atoms with Gasteiger partial charge in [0.2, 0.25) is 0 Å². The molecule has 9 heteroatoms. The molecule has 1 aromatic carbocycles. The van der Waals surface area contributed by atoms with E-state index < -0.39 is 16.3 Å². The van der Waals surface area contributed by atoms with Crippen molar-refractivity contribution in [2.45, 2.75) is 51.2 Å². The Morgan fingerprint density at radius 3 is 2.50 bits per heavy atom. The van der Waals surface area contributed by atoms with Crippen molar-refractivity contribution >= 4 is 16.1 Å². The first-order valence-corrected chi connectivity index (χ1v) is 11.9. The van der Waals surface area contributed by atoms with Gasteiger partial charge in [-0.15, -0.1) is 0 Å². The molecule has 0 aromatic heterocycles. The highest BCUT2D eigenvalue weighted by Gasteiger charge is 2.36. The lowest BCUT2D eigenvalue weighted by atomic mass is 9.96. The van der Waals surface area contributed by atoms with Crippen molar-refractivity contribution in [3.8, 4) is 11.8 Å². The maximum Gasteiger partial charge on any atom is 0.282 e. The summed E-state index contributed by atoms with van der Waals surface area (Å²) in [5.74, 6) is 0.278. The summed E-state index contributed by atoms with van der Waals surface area (Å²) < 4.78 is 34.7. The van der Waals surface area contributed by atoms with Crippen LogP contribution in [0.15, 0.2) is 24.3 Å². The van der Waals surface area contributed by atoms with Gasteiger partial charge < -0.3 is 9.64 Å². The Morgan fingerprint density at radius 2 is 1.87 bits per heavy atom. The number of piperazine rings is 1. The smallest absolute Gasteiger partial charge is 0.282 e. The first-order valence-electron chi connectivity index (χ1n) is 10.5. The van der Waals surface area contributed by atoms with Crippen molar-refractivity contribution in [3.63, 3.8) is 0 Å². The molecule has 2 aliphatic rings. The van der Waals surface area contributed by atoms with Crippen molar-refractivity contribution < 1.29 is 17.9 Å². The summed E-state index contributed by atoms with van der Waals surface area (Å²) in [7, 11) is -1.85. The fraction of sp³-hybridized carbons (Fsp3) is 0.619. The number of carbonyl (C=O) groups is 1. The molecule has 0 radical (unpaired) electrons. The van der Waals surface area contributed by atoms with E-state index in [0.717, 1.165) is 25.7 Å². The summed E-state index contributed by atoms with van der Waals surface area (Å²) in [6, 6.07) is 8.79. The number of nitriles is 1. The van der Waals surface area contributed by atoms with E-state index in [1.807, 2.05) is 6.07 Å². The first-order chi connectivity index (χ1) is 14.3. The van der Waals surface area contributed by atoms with Crippen LogP contribution in [-0.4, -0.2) is 73.2 Å². The van der Waals surface area contributed by atoms with Gasteiger partial charge in [-0.25, -0.2) is 0 Å². The van der Waals surface area contributed by atoms with Gasteiger partial charge in [0.25, 0.3) is 16.1 Å². The molecule has 1 aromatic rings. The Kier molecular flexibility index (Phi) is 7.34. The van der Waals surface area contributed by atoms with E-state index in [-0.39, 0.29) is 25.0 Å². The van der Waals surface area contributed by atoms with Gasteiger partial charge in [-0.1, -0.05) is 25.3 Å². The molecule has 2 fully saturated rings. The second-order valence-electron chi connectivity index (χ2n) is 7.94. The molecule has 0 spiro atoms. The van der Waals surface area contributed by atoms with E-state index in [2.05, 4.69) is 0 Å². The molecule has 164 valence electrons. The van der Waals surface area contributed by atoms with Gasteiger partial charge in [0.05, 0.1) is 11.6 Å². The number of ether oxygens (including phenoxy) is 1. The number of carbonyl (C=O) groups excluding carboxylic acids is 1. The van der Waals surface area contributed by atoms with Gasteiger partial charge in [0, 0.05) is 39.3 Å². The molecule has 0 bridgehead atoms. The van der Waals surface area contributed by atoms with Gasteiger partial charge >= 0.3 is 0 Å². The summed E-state index contributed by atoms with van der Waals surface area (Å²) >= 11 is 0. The zero-order chi connectivity index (χ0) is 21.7. The molecule has 1 aliphatic heterocycles. The van der Waals surface area contributed by atoms with Gasteiger partial charge in [-0.2, -0.15) is 22.3 Å². The van der Waals surface area contributed by atoms with E-state index >= 15 is 0 Å². The Labute approximate surface area is 179 Å². The topological polar surface area (TPSA) is 94.0 Å². The summed E-state index contributed by atoms with van der Waals surface area (Å²) in [4.78, 5) is 14.4. The van der Waals surface area contributed by atoms with E-state index in [0.29, 0.717) is 24.4 Å². The van der Waals surface area contributed by atoms with Gasteiger partial charge in [0.15, 0.2) is 6.10 Å². The average Bonchev–Trinajstić information content (AvgIpc) is 2.78. The van der Waals surface area contributed by atoms with E-state index in [9.17, 15) is 13.2 Å². The summed E-state index contributed by atoms with van der Waals surface area (Å²) in [5.41, 5.74) is 0.466. The number of hydrogen-bond acceptors (Lipinski definition) is 5. The van der Waals surface area contributed by atoms with Crippen LogP contribution >= 0.6 is 0 Å². The Balaban J connectivity index is 1.55. The maximum atomic E-state index is 13.0. The third-order valence-corrected chi connectivity index (χ3v) is 8.00. The molecule has 1 saturated carbocycles. The zero-order valence-electron chi connectivity index (χ0n) is 17.7. The quantitative estimate of drug-likeness (QED) is 0.682. The van der Waals surface area contributed by atoms with Crippen LogP contribution in [0.4, 0.5) is 0 Å². The highest BCUT2D eigenvalue weighted by atomic mass is 32.2. The zero-order valence-corrected chi connectivity index (χ0v) is 18.5. The van der Waals surface area contributed by atoms with Crippen LogP contribution in [0.3, 0.4) is 0 Å². The molecule has 1 heterocycles. The van der Waals surface area contributed by atoms with E-state index in [1.165, 1.54) is 15.0 Å². The highest BCUT2D eigenvalue weighted by Crippen LogP contribution is 2.25. The van der Waals surface area contributed by atoms with Crippen molar-refractivity contribution in [2.75, 3.05) is 33.2 Å². The lowest BCUT2D eigenvalue weighted by Gasteiger charge is -2.39. The average molecular weight is 435 g/mol. The molecular weight excluding hydrogens is 404 g/mol. The fourth-order valence-corrected chi connectivity index (χ4v) is 5.68. The van der Waals surface area contributed by atoms with Gasteiger partial charge in [0.1, 0.15) is 5.75 Å². The molecule has 1 atom stereocenters. The number of nitrogens with zero attached hydrogens (tertiary/aromatic N) is 4. The minimum atomic E-state index is -3.52. The van der Waals surface area contributed by atoms with Crippen molar-refractivity contribution in [1.29, 1.82) is 5.26 Å². The third kappa shape index (κ3) is 5.12. The molecule has 30 heavy (non-hydrogen) atoms. The first kappa shape index (κ1) is 22.5. The van der Waals surface area contributed by atoms with Crippen LogP contribution in [0, 0.1) is 11.3 Å². The minimum Gasteiger partial charge on any atom is -0.481 e. The lowest BCUT2D eigenvalue weighted by molar-refractivity contribution is -0.139. The molecule has 0 N–H and O–H groups in total. The normalized spacial score (nSPS) is 20.0. The predicted molar refractivity (Wildman–Crippen MR) is 113 cm³/mol. The molecule has 1 aliphatic carbocycles. The third-order valence-electron chi connectivity index (χ3n) is 5.95.